The molecule has 0 saturated heterocycles. The molecule has 21 heavy (non-hydrogen) atoms. The maximum Gasteiger partial charge on any atom is 0.167 e. The topological polar surface area (TPSA) is 27.7 Å². The Morgan fingerprint density at radius 3 is 1.48 bits per heavy atom. The average molecular weight is 368 g/mol. The van der Waals surface area contributed by atoms with E-state index in [1.807, 2.05) is 0 Å². The fourth-order valence-corrected chi connectivity index (χ4v) is 2.67. The molecule has 2 rings (SSSR count). The highest BCUT2D eigenvalue weighted by Gasteiger charge is 2.22. The van der Waals surface area contributed by atoms with Gasteiger partial charge < -0.3 is 14.2 Å². The zero-order chi connectivity index (χ0) is 15.6. The van der Waals surface area contributed by atoms with Crippen molar-refractivity contribution in [3.63, 3.8) is 0 Å². The van der Waals surface area contributed by atoms with E-state index in [4.69, 9.17) is 60.6 Å². The van der Waals surface area contributed by atoms with Crippen molar-refractivity contribution < 1.29 is 14.2 Å². The second kappa shape index (κ2) is 6.84. The van der Waals surface area contributed by atoms with Gasteiger partial charge in [0.2, 0.25) is 0 Å². The van der Waals surface area contributed by atoms with Gasteiger partial charge in [-0.1, -0.05) is 46.4 Å². The molecule has 2 aromatic carbocycles. The van der Waals surface area contributed by atoms with E-state index >= 15 is 0 Å². The Balaban J connectivity index is 2.44. The van der Waals surface area contributed by atoms with E-state index in [1.54, 1.807) is 31.4 Å². The molecule has 0 amide bonds. The normalized spacial score (nSPS) is 10.4. The van der Waals surface area contributed by atoms with Crippen LogP contribution in [0.25, 0.3) is 0 Å². The largest absolute Gasteiger partial charge is 0.497 e. The summed E-state index contributed by atoms with van der Waals surface area (Å²) in [4.78, 5) is 0. The van der Waals surface area contributed by atoms with Gasteiger partial charge in [-0.15, -0.1) is 0 Å². The minimum atomic E-state index is 0.124. The molecule has 0 aromatic heterocycles. The van der Waals surface area contributed by atoms with Crippen molar-refractivity contribution in [3.05, 3.63) is 44.4 Å². The van der Waals surface area contributed by atoms with Crippen LogP contribution in [0.4, 0.5) is 0 Å². The zero-order valence-corrected chi connectivity index (χ0v) is 14.1. The first-order valence-electron chi connectivity index (χ1n) is 5.71. The molecule has 0 radical (unpaired) electrons. The summed E-state index contributed by atoms with van der Waals surface area (Å²) in [5, 5.41) is 0.520. The molecule has 2 aromatic rings. The molecule has 0 bridgehead atoms. The lowest BCUT2D eigenvalue weighted by atomic mass is 10.3. The van der Waals surface area contributed by atoms with Crippen LogP contribution in [0.15, 0.2) is 24.3 Å². The molecule has 0 spiro atoms. The van der Waals surface area contributed by atoms with E-state index in [0.29, 0.717) is 11.5 Å². The van der Waals surface area contributed by atoms with Crippen LogP contribution in [-0.2, 0) is 0 Å². The van der Waals surface area contributed by atoms with Gasteiger partial charge in [-0.2, -0.15) is 0 Å². The average Bonchev–Trinajstić information content (AvgIpc) is 2.51. The summed E-state index contributed by atoms with van der Waals surface area (Å²) in [7, 11) is 3.00. The molecule has 0 heterocycles. The summed E-state index contributed by atoms with van der Waals surface area (Å²) in [6, 6.07) is 6.89. The molecule has 7 heteroatoms. The monoisotopic (exact) mass is 366 g/mol. The summed E-state index contributed by atoms with van der Waals surface area (Å²) in [5.74, 6) is 1.58. The van der Waals surface area contributed by atoms with Crippen molar-refractivity contribution >= 4 is 46.4 Å². The number of methoxy groups -OCH3 is 2. The smallest absolute Gasteiger partial charge is 0.167 e. The molecule has 0 aliphatic heterocycles. The van der Waals surface area contributed by atoms with Gasteiger partial charge in [-0.25, -0.2) is 0 Å². The van der Waals surface area contributed by atoms with E-state index in [1.165, 1.54) is 7.11 Å². The summed E-state index contributed by atoms with van der Waals surface area (Å²) in [6.45, 7) is 0. The van der Waals surface area contributed by atoms with Gasteiger partial charge in [0, 0.05) is 0 Å². The van der Waals surface area contributed by atoms with Crippen molar-refractivity contribution in [1.82, 2.24) is 0 Å². The van der Waals surface area contributed by atoms with Crippen molar-refractivity contribution in [3.8, 4) is 23.0 Å². The highest BCUT2D eigenvalue weighted by atomic mass is 35.5. The minimum Gasteiger partial charge on any atom is -0.497 e. The van der Waals surface area contributed by atoms with Crippen LogP contribution in [0.3, 0.4) is 0 Å². The molecule has 0 atom stereocenters. The Morgan fingerprint density at radius 2 is 1.05 bits per heavy atom. The lowest BCUT2D eigenvalue weighted by Crippen LogP contribution is -1.93. The first kappa shape index (κ1) is 16.4. The highest BCUT2D eigenvalue weighted by molar-refractivity contribution is 6.50. The third-order valence-electron chi connectivity index (χ3n) is 2.67. The Kier molecular flexibility index (Phi) is 5.33. The molecule has 0 unspecified atom stereocenters. The van der Waals surface area contributed by atoms with E-state index in [2.05, 4.69) is 0 Å². The summed E-state index contributed by atoms with van der Waals surface area (Å²) in [5.41, 5.74) is 0. The summed E-state index contributed by atoms with van der Waals surface area (Å²) >= 11 is 24.5. The SMILES string of the molecule is COc1ccc(Oc2c(Cl)c(Cl)c(OC)c(Cl)c2Cl)cc1. The number of hydrogen-bond donors (Lipinski definition) is 0. The standard InChI is InChI=1S/C14H10Cl4O3/c1-19-7-3-5-8(6-4-7)21-14-11(17)9(15)13(20-2)10(16)12(14)18/h3-6H,1-2H3. The number of benzene rings is 2. The fraction of sp³-hybridized carbons (Fsp3) is 0.143. The van der Waals surface area contributed by atoms with Gasteiger partial charge in [-0.05, 0) is 24.3 Å². The van der Waals surface area contributed by atoms with E-state index in [9.17, 15) is 0 Å². The van der Waals surface area contributed by atoms with Gasteiger partial charge in [0.25, 0.3) is 0 Å². The van der Waals surface area contributed by atoms with Gasteiger partial charge in [0.05, 0.1) is 14.2 Å². The maximum atomic E-state index is 6.16. The van der Waals surface area contributed by atoms with E-state index in [0.717, 1.165) is 0 Å². The molecule has 0 saturated carbocycles. The van der Waals surface area contributed by atoms with Crippen LogP contribution in [0, 0.1) is 0 Å². The molecular formula is C14H10Cl4O3. The Morgan fingerprint density at radius 1 is 0.619 bits per heavy atom. The number of ether oxygens (including phenoxy) is 3. The predicted molar refractivity (Wildman–Crippen MR) is 86.1 cm³/mol. The van der Waals surface area contributed by atoms with Crippen molar-refractivity contribution in [2.45, 2.75) is 0 Å². The number of halogens is 4. The lowest BCUT2D eigenvalue weighted by Gasteiger charge is -2.15. The summed E-state index contributed by atoms with van der Waals surface area (Å²) in [6.07, 6.45) is 0. The van der Waals surface area contributed by atoms with Crippen LogP contribution in [0.5, 0.6) is 23.0 Å². The van der Waals surface area contributed by atoms with Crippen LogP contribution in [0.2, 0.25) is 20.1 Å². The van der Waals surface area contributed by atoms with Crippen molar-refractivity contribution in [2.24, 2.45) is 0 Å². The Hall–Kier alpha value is -1.000. The third kappa shape index (κ3) is 3.27. The molecule has 0 aliphatic rings. The lowest BCUT2D eigenvalue weighted by molar-refractivity contribution is 0.411. The zero-order valence-electron chi connectivity index (χ0n) is 11.0. The van der Waals surface area contributed by atoms with E-state index in [-0.39, 0.29) is 31.6 Å². The molecule has 0 aliphatic carbocycles. The fourth-order valence-electron chi connectivity index (χ4n) is 1.62. The quantitative estimate of drug-likeness (QED) is 0.610. The number of rotatable bonds is 4. The molecular weight excluding hydrogens is 358 g/mol. The van der Waals surface area contributed by atoms with Gasteiger partial charge in [-0.3, -0.25) is 0 Å². The van der Waals surface area contributed by atoms with Crippen molar-refractivity contribution in [1.29, 1.82) is 0 Å². The van der Waals surface area contributed by atoms with E-state index < -0.39 is 0 Å². The Labute approximate surface area is 142 Å². The first-order chi connectivity index (χ1) is 9.99. The van der Waals surface area contributed by atoms with Gasteiger partial charge >= 0.3 is 0 Å². The second-order valence-electron chi connectivity index (χ2n) is 3.90. The highest BCUT2D eigenvalue weighted by Crippen LogP contribution is 2.51. The molecule has 0 N–H and O–H groups in total. The second-order valence-corrected chi connectivity index (χ2v) is 5.41. The number of hydrogen-bond acceptors (Lipinski definition) is 3. The van der Waals surface area contributed by atoms with Crippen LogP contribution < -0.4 is 14.2 Å². The molecule has 112 valence electrons. The van der Waals surface area contributed by atoms with Gasteiger partial charge in [0.15, 0.2) is 11.5 Å². The molecule has 0 fully saturated rings. The van der Waals surface area contributed by atoms with Crippen LogP contribution in [0.1, 0.15) is 0 Å². The molecule has 3 nitrogen and oxygen atoms in total. The predicted octanol–water partition coefficient (Wildman–Crippen LogP) is 6.11. The van der Waals surface area contributed by atoms with Crippen LogP contribution in [-0.4, -0.2) is 14.2 Å². The van der Waals surface area contributed by atoms with Gasteiger partial charge in [0.1, 0.15) is 31.6 Å². The Bertz CT molecular complexity index is 627. The third-order valence-corrected chi connectivity index (χ3v) is 4.30. The summed E-state index contributed by atoms with van der Waals surface area (Å²) < 4.78 is 15.8. The maximum absolute atomic E-state index is 6.16. The van der Waals surface area contributed by atoms with Crippen LogP contribution >= 0.6 is 46.4 Å². The first-order valence-corrected chi connectivity index (χ1v) is 7.22. The van der Waals surface area contributed by atoms with Crippen molar-refractivity contribution in [2.75, 3.05) is 14.2 Å². The minimum absolute atomic E-state index is 0.124.